The van der Waals surface area contributed by atoms with E-state index in [1.165, 1.54) is 11.8 Å². The molecule has 100 valence electrons. The van der Waals surface area contributed by atoms with E-state index in [0.29, 0.717) is 6.54 Å². The van der Waals surface area contributed by atoms with E-state index in [1.54, 1.807) is 6.20 Å². The van der Waals surface area contributed by atoms with Crippen LogP contribution < -0.4 is 5.32 Å². The molecular formula is C13H20N2O2S. The standard InChI is InChI=1S/C13H20N2O2S/c1-10-8-14-7-6-11(10)9-15-12-4-3-5-13(12)18(2,16)17/h6-8,12-13,15H,3-5,9H2,1-2H3. The molecule has 2 unspecified atom stereocenters. The van der Waals surface area contributed by atoms with Crippen LogP contribution in [0.2, 0.25) is 0 Å². The third kappa shape index (κ3) is 3.09. The van der Waals surface area contributed by atoms with E-state index in [-0.39, 0.29) is 11.3 Å². The van der Waals surface area contributed by atoms with Crippen LogP contribution in [0.5, 0.6) is 0 Å². The Hall–Kier alpha value is -0.940. The summed E-state index contributed by atoms with van der Waals surface area (Å²) in [7, 11) is -2.94. The lowest BCUT2D eigenvalue weighted by Crippen LogP contribution is -2.39. The van der Waals surface area contributed by atoms with Crippen LogP contribution in [0, 0.1) is 6.92 Å². The van der Waals surface area contributed by atoms with Crippen LogP contribution in [-0.2, 0) is 16.4 Å². The maximum absolute atomic E-state index is 11.7. The number of hydrogen-bond acceptors (Lipinski definition) is 4. The first-order valence-electron chi connectivity index (χ1n) is 6.30. The highest BCUT2D eigenvalue weighted by Crippen LogP contribution is 2.25. The Labute approximate surface area is 109 Å². The zero-order chi connectivity index (χ0) is 13.2. The van der Waals surface area contributed by atoms with Crippen LogP contribution in [0.15, 0.2) is 18.5 Å². The maximum Gasteiger partial charge on any atom is 0.151 e. The fourth-order valence-corrected chi connectivity index (χ4v) is 4.04. The van der Waals surface area contributed by atoms with Gasteiger partial charge in [0, 0.05) is 31.2 Å². The van der Waals surface area contributed by atoms with E-state index < -0.39 is 9.84 Å². The van der Waals surface area contributed by atoms with E-state index >= 15 is 0 Å². The van der Waals surface area contributed by atoms with Gasteiger partial charge in [0.2, 0.25) is 0 Å². The predicted molar refractivity (Wildman–Crippen MR) is 72.1 cm³/mol. The van der Waals surface area contributed by atoms with Gasteiger partial charge in [0.25, 0.3) is 0 Å². The summed E-state index contributed by atoms with van der Waals surface area (Å²) in [4.78, 5) is 4.06. The van der Waals surface area contributed by atoms with Crippen LogP contribution in [0.1, 0.15) is 30.4 Å². The molecule has 2 atom stereocenters. The Bertz CT molecular complexity index is 513. The maximum atomic E-state index is 11.7. The lowest BCUT2D eigenvalue weighted by molar-refractivity contribution is 0.506. The fraction of sp³-hybridized carbons (Fsp3) is 0.615. The second kappa shape index (κ2) is 5.36. The van der Waals surface area contributed by atoms with Crippen molar-refractivity contribution in [3.63, 3.8) is 0 Å². The Morgan fingerprint density at radius 1 is 1.44 bits per heavy atom. The van der Waals surface area contributed by atoms with Crippen LogP contribution in [0.4, 0.5) is 0 Å². The van der Waals surface area contributed by atoms with Gasteiger partial charge in [-0.15, -0.1) is 0 Å². The number of aryl methyl sites for hydroxylation is 1. The van der Waals surface area contributed by atoms with Gasteiger partial charge in [0.05, 0.1) is 5.25 Å². The smallest absolute Gasteiger partial charge is 0.151 e. The minimum atomic E-state index is -2.94. The molecule has 1 heterocycles. The number of nitrogens with zero attached hydrogens (tertiary/aromatic N) is 1. The van der Waals surface area contributed by atoms with Crippen molar-refractivity contribution in [1.29, 1.82) is 0 Å². The molecule has 0 radical (unpaired) electrons. The predicted octanol–water partition coefficient (Wildman–Crippen LogP) is 1.45. The summed E-state index contributed by atoms with van der Waals surface area (Å²) < 4.78 is 23.3. The van der Waals surface area contributed by atoms with Crippen LogP contribution in [0.3, 0.4) is 0 Å². The van der Waals surface area contributed by atoms with Crippen LogP contribution in [-0.4, -0.2) is 30.9 Å². The first kappa shape index (κ1) is 13.5. The molecule has 1 aliphatic rings. The van der Waals surface area contributed by atoms with Gasteiger partial charge >= 0.3 is 0 Å². The molecule has 1 N–H and O–H groups in total. The van der Waals surface area contributed by atoms with Crippen LogP contribution in [0.25, 0.3) is 0 Å². The van der Waals surface area contributed by atoms with Gasteiger partial charge < -0.3 is 5.32 Å². The van der Waals surface area contributed by atoms with Gasteiger partial charge in [0.1, 0.15) is 0 Å². The summed E-state index contributed by atoms with van der Waals surface area (Å²) in [5.41, 5.74) is 2.32. The quantitative estimate of drug-likeness (QED) is 0.898. The molecule has 1 aromatic rings. The topological polar surface area (TPSA) is 59.1 Å². The van der Waals surface area contributed by atoms with Crippen molar-refractivity contribution >= 4 is 9.84 Å². The lowest BCUT2D eigenvalue weighted by Gasteiger charge is -2.20. The Morgan fingerprint density at radius 2 is 2.22 bits per heavy atom. The van der Waals surface area contributed by atoms with Gasteiger partial charge in [-0.2, -0.15) is 0 Å². The summed E-state index contributed by atoms with van der Waals surface area (Å²) in [6, 6.07) is 2.07. The molecule has 1 saturated carbocycles. The summed E-state index contributed by atoms with van der Waals surface area (Å²) in [5.74, 6) is 0. The van der Waals surface area contributed by atoms with Crippen molar-refractivity contribution in [1.82, 2.24) is 10.3 Å². The van der Waals surface area contributed by atoms with Crippen molar-refractivity contribution in [3.05, 3.63) is 29.6 Å². The summed E-state index contributed by atoms with van der Waals surface area (Å²) in [5, 5.41) is 3.17. The van der Waals surface area contributed by atoms with Crippen molar-refractivity contribution in [3.8, 4) is 0 Å². The first-order valence-corrected chi connectivity index (χ1v) is 8.25. The molecule has 18 heavy (non-hydrogen) atoms. The molecule has 1 aliphatic carbocycles. The van der Waals surface area contributed by atoms with Crippen molar-refractivity contribution in [2.24, 2.45) is 0 Å². The molecule has 4 nitrogen and oxygen atoms in total. The minimum Gasteiger partial charge on any atom is -0.309 e. The molecular weight excluding hydrogens is 248 g/mol. The molecule has 5 heteroatoms. The van der Waals surface area contributed by atoms with E-state index in [9.17, 15) is 8.42 Å². The molecule has 0 bridgehead atoms. The second-order valence-electron chi connectivity index (χ2n) is 5.09. The van der Waals surface area contributed by atoms with Gasteiger partial charge in [-0.3, -0.25) is 4.98 Å². The second-order valence-corrected chi connectivity index (χ2v) is 7.35. The molecule has 1 fully saturated rings. The molecule has 0 aliphatic heterocycles. The number of rotatable bonds is 4. The fourth-order valence-electron chi connectivity index (χ4n) is 2.61. The zero-order valence-electron chi connectivity index (χ0n) is 10.9. The van der Waals surface area contributed by atoms with Crippen molar-refractivity contribution in [2.75, 3.05) is 6.26 Å². The van der Waals surface area contributed by atoms with E-state index in [4.69, 9.17) is 0 Å². The zero-order valence-corrected chi connectivity index (χ0v) is 11.7. The summed E-state index contributed by atoms with van der Waals surface area (Å²) in [6.07, 6.45) is 7.67. The molecule has 0 spiro atoms. The Balaban J connectivity index is 2.00. The SMILES string of the molecule is Cc1cnccc1CNC1CCCC1S(C)(=O)=O. The monoisotopic (exact) mass is 268 g/mol. The molecule has 0 saturated heterocycles. The number of nitrogens with one attached hydrogen (secondary N) is 1. The summed E-state index contributed by atoms with van der Waals surface area (Å²) in [6.45, 7) is 2.73. The molecule has 1 aromatic heterocycles. The van der Waals surface area contributed by atoms with E-state index in [1.807, 2.05) is 19.2 Å². The average Bonchev–Trinajstić information content (AvgIpc) is 2.76. The molecule has 0 aromatic carbocycles. The van der Waals surface area contributed by atoms with Gasteiger partial charge in [-0.05, 0) is 37.0 Å². The lowest BCUT2D eigenvalue weighted by atomic mass is 10.1. The highest BCUT2D eigenvalue weighted by Gasteiger charge is 2.34. The molecule has 0 amide bonds. The van der Waals surface area contributed by atoms with Crippen LogP contribution >= 0.6 is 0 Å². The van der Waals surface area contributed by atoms with Crippen molar-refractivity contribution < 1.29 is 8.42 Å². The Morgan fingerprint density at radius 3 is 2.89 bits per heavy atom. The summed E-state index contributed by atoms with van der Waals surface area (Å²) >= 11 is 0. The third-order valence-corrected chi connectivity index (χ3v) is 5.36. The largest absolute Gasteiger partial charge is 0.309 e. The minimum absolute atomic E-state index is 0.0903. The van der Waals surface area contributed by atoms with Gasteiger partial charge in [-0.25, -0.2) is 8.42 Å². The highest BCUT2D eigenvalue weighted by molar-refractivity contribution is 7.91. The normalized spacial score (nSPS) is 24.3. The third-order valence-electron chi connectivity index (χ3n) is 3.69. The molecule has 2 rings (SSSR count). The van der Waals surface area contributed by atoms with E-state index in [0.717, 1.165) is 24.8 Å². The number of hydrogen-bond donors (Lipinski definition) is 1. The van der Waals surface area contributed by atoms with Gasteiger partial charge in [-0.1, -0.05) is 6.42 Å². The Kier molecular flexibility index (Phi) is 4.02. The number of sulfone groups is 1. The van der Waals surface area contributed by atoms with Crippen molar-refractivity contribution in [2.45, 2.75) is 44.0 Å². The number of aromatic nitrogens is 1. The average molecular weight is 268 g/mol. The van der Waals surface area contributed by atoms with E-state index in [2.05, 4.69) is 10.3 Å². The first-order chi connectivity index (χ1) is 8.48. The highest BCUT2D eigenvalue weighted by atomic mass is 32.2. The number of pyridine rings is 1. The van der Waals surface area contributed by atoms with Gasteiger partial charge in [0.15, 0.2) is 9.84 Å².